The fraction of sp³-hybridized carbons (Fsp3) is 0.925. The van der Waals surface area contributed by atoms with Crippen molar-refractivity contribution in [3.05, 3.63) is 11.6 Å². The van der Waals surface area contributed by atoms with Crippen molar-refractivity contribution in [2.75, 3.05) is 19.6 Å². The lowest BCUT2D eigenvalue weighted by molar-refractivity contribution is -0.0593. The Morgan fingerprint density at radius 3 is 2.36 bits per heavy atom. The maximum Gasteiger partial charge on any atom is 0.410 e. The summed E-state index contributed by atoms with van der Waals surface area (Å²) < 4.78 is 6.30. The summed E-state index contributed by atoms with van der Waals surface area (Å²) in [5.74, 6) is 5.19. The third-order valence-corrected chi connectivity index (χ3v) is 13.4. The summed E-state index contributed by atoms with van der Waals surface area (Å²) in [5, 5.41) is 0. The number of allylic oxidation sites excluding steroid dienone is 1. The Morgan fingerprint density at radius 2 is 1.64 bits per heavy atom. The van der Waals surface area contributed by atoms with Crippen LogP contribution in [0.5, 0.6) is 0 Å². The highest BCUT2D eigenvalue weighted by Gasteiger charge is 2.59. The second kappa shape index (κ2) is 16.7. The smallest absolute Gasteiger partial charge is 0.410 e. The molecule has 0 aromatic carbocycles. The number of rotatable bonds is 17. The van der Waals surface area contributed by atoms with Crippen molar-refractivity contribution in [1.82, 2.24) is 4.90 Å². The van der Waals surface area contributed by atoms with Crippen molar-refractivity contribution in [3.63, 3.8) is 0 Å². The van der Waals surface area contributed by atoms with E-state index < -0.39 is 0 Å². The Labute approximate surface area is 273 Å². The number of unbranched alkanes of at least 4 members (excludes halogenated alkanes) is 6. The Balaban J connectivity index is 1.32. The molecule has 8 atom stereocenters. The van der Waals surface area contributed by atoms with Crippen LogP contribution in [-0.4, -0.2) is 36.7 Å². The molecular formula is C40H72N2O2. The number of nitrogens with two attached hydrogens (primary N) is 1. The van der Waals surface area contributed by atoms with Crippen LogP contribution in [0.1, 0.15) is 164 Å². The first-order chi connectivity index (χ1) is 21.1. The van der Waals surface area contributed by atoms with Crippen molar-refractivity contribution >= 4 is 6.09 Å². The average molecular weight is 613 g/mol. The summed E-state index contributed by atoms with van der Waals surface area (Å²) >= 11 is 0. The highest BCUT2D eigenvalue weighted by Crippen LogP contribution is 2.67. The third kappa shape index (κ3) is 8.46. The van der Waals surface area contributed by atoms with E-state index in [-0.39, 0.29) is 12.2 Å². The lowest BCUT2D eigenvalue weighted by Gasteiger charge is -2.58. The quantitative estimate of drug-likeness (QED) is 0.131. The summed E-state index contributed by atoms with van der Waals surface area (Å²) in [7, 11) is 0. The van der Waals surface area contributed by atoms with Gasteiger partial charge >= 0.3 is 6.09 Å². The van der Waals surface area contributed by atoms with Crippen molar-refractivity contribution < 1.29 is 9.53 Å². The van der Waals surface area contributed by atoms with Crippen LogP contribution in [-0.2, 0) is 4.74 Å². The van der Waals surface area contributed by atoms with Crippen LogP contribution in [0.4, 0.5) is 4.79 Å². The Kier molecular flexibility index (Phi) is 13.6. The van der Waals surface area contributed by atoms with E-state index in [1.165, 1.54) is 83.5 Å². The van der Waals surface area contributed by atoms with Crippen LogP contribution in [0, 0.1) is 46.3 Å². The van der Waals surface area contributed by atoms with Crippen LogP contribution in [0.15, 0.2) is 11.6 Å². The van der Waals surface area contributed by atoms with E-state index in [2.05, 4.69) is 47.6 Å². The molecular weight excluding hydrogens is 540 g/mol. The Hall–Kier alpha value is -1.03. The van der Waals surface area contributed by atoms with Gasteiger partial charge in [0, 0.05) is 19.5 Å². The molecule has 0 saturated heterocycles. The van der Waals surface area contributed by atoms with Gasteiger partial charge in [-0.1, -0.05) is 105 Å². The Bertz CT molecular complexity index is 915. The molecule has 2 N–H and O–H groups in total. The van der Waals surface area contributed by atoms with E-state index in [1.807, 2.05) is 4.90 Å². The largest absolute Gasteiger partial charge is 0.446 e. The zero-order valence-electron chi connectivity index (χ0n) is 30.0. The molecule has 3 fully saturated rings. The molecule has 4 heteroatoms. The molecule has 0 bridgehead atoms. The number of carbonyl (C=O) groups is 1. The monoisotopic (exact) mass is 613 g/mol. The number of hydrogen-bond donors (Lipinski definition) is 1. The summed E-state index contributed by atoms with van der Waals surface area (Å²) in [6.45, 7) is 17.3. The number of carbonyl (C=O) groups excluding carboxylic acids is 1. The van der Waals surface area contributed by atoms with E-state index >= 15 is 0 Å². The van der Waals surface area contributed by atoms with E-state index in [1.54, 1.807) is 5.57 Å². The van der Waals surface area contributed by atoms with Crippen LogP contribution in [0.3, 0.4) is 0 Å². The fourth-order valence-electron chi connectivity index (χ4n) is 10.8. The number of ether oxygens (including phenoxy) is 1. The average Bonchev–Trinajstić information content (AvgIpc) is 3.35. The zero-order chi connectivity index (χ0) is 31.7. The number of amides is 1. The minimum Gasteiger partial charge on any atom is -0.446 e. The van der Waals surface area contributed by atoms with E-state index in [0.29, 0.717) is 10.8 Å². The first-order valence-corrected chi connectivity index (χ1v) is 19.5. The van der Waals surface area contributed by atoms with Crippen LogP contribution >= 0.6 is 0 Å². The summed E-state index contributed by atoms with van der Waals surface area (Å²) in [5.41, 5.74) is 8.10. The molecule has 254 valence electrons. The molecule has 0 spiro atoms. The lowest BCUT2D eigenvalue weighted by atomic mass is 9.47. The maximum absolute atomic E-state index is 13.4. The van der Waals surface area contributed by atoms with Crippen LogP contribution in [0.2, 0.25) is 0 Å². The molecule has 0 aliphatic heterocycles. The van der Waals surface area contributed by atoms with Crippen molar-refractivity contribution in [3.8, 4) is 0 Å². The number of fused-ring (bicyclic) bond motifs is 5. The van der Waals surface area contributed by atoms with Gasteiger partial charge in [-0.05, 0) is 117 Å². The van der Waals surface area contributed by atoms with Crippen LogP contribution in [0.25, 0.3) is 0 Å². The minimum atomic E-state index is -0.0579. The molecule has 4 nitrogen and oxygen atoms in total. The standard InChI is InChI=1S/C40H72N2O2/c1-7-8-27-42(28-14-12-10-9-11-13-26-41)38(43)44-33-22-24-39(5)32(29-33)18-19-34-36-21-20-35(31(4)17-15-16-30(2)3)40(36,6)25-23-37(34)39/h18,30-31,33-37H,7-17,19-29,41H2,1-6H3. The molecule has 4 aliphatic rings. The first-order valence-electron chi connectivity index (χ1n) is 19.5. The van der Waals surface area contributed by atoms with E-state index in [4.69, 9.17) is 10.5 Å². The van der Waals surface area contributed by atoms with Crippen molar-refractivity contribution in [2.45, 2.75) is 170 Å². The predicted octanol–water partition coefficient (Wildman–Crippen LogP) is 10.9. The molecule has 1 amide bonds. The molecule has 0 radical (unpaired) electrons. The molecule has 0 heterocycles. The summed E-state index contributed by atoms with van der Waals surface area (Å²) in [6, 6.07) is 0. The molecule has 44 heavy (non-hydrogen) atoms. The topological polar surface area (TPSA) is 55.6 Å². The third-order valence-electron chi connectivity index (χ3n) is 13.4. The van der Waals surface area contributed by atoms with Crippen molar-refractivity contribution in [1.29, 1.82) is 0 Å². The van der Waals surface area contributed by atoms with Gasteiger partial charge < -0.3 is 15.4 Å². The number of hydrogen-bond acceptors (Lipinski definition) is 3. The Morgan fingerprint density at radius 1 is 0.909 bits per heavy atom. The van der Waals surface area contributed by atoms with Gasteiger partial charge in [0.2, 0.25) is 0 Å². The van der Waals surface area contributed by atoms with Gasteiger partial charge in [0.15, 0.2) is 0 Å². The van der Waals surface area contributed by atoms with Gasteiger partial charge in [-0.15, -0.1) is 0 Å². The first kappa shape index (κ1) is 35.8. The molecule has 8 unspecified atom stereocenters. The van der Waals surface area contributed by atoms with Gasteiger partial charge in [0.1, 0.15) is 6.10 Å². The molecule has 4 rings (SSSR count). The van der Waals surface area contributed by atoms with Gasteiger partial charge in [-0.3, -0.25) is 0 Å². The van der Waals surface area contributed by atoms with Gasteiger partial charge in [-0.25, -0.2) is 4.79 Å². The number of nitrogens with zero attached hydrogens (tertiary/aromatic N) is 1. The van der Waals surface area contributed by atoms with Gasteiger partial charge in [0.25, 0.3) is 0 Å². The summed E-state index contributed by atoms with van der Waals surface area (Å²) in [4.78, 5) is 15.4. The maximum atomic E-state index is 13.4. The van der Waals surface area contributed by atoms with Crippen molar-refractivity contribution in [2.24, 2.45) is 52.1 Å². The van der Waals surface area contributed by atoms with E-state index in [0.717, 1.165) is 93.7 Å². The molecule has 0 aromatic heterocycles. The SMILES string of the molecule is CCCCN(CCCCCCCCN)C(=O)OC1CCC2(C)C(=CCC3C2CCC2(C)C(C(C)CCCC(C)C)CCC32)C1. The predicted molar refractivity (Wildman–Crippen MR) is 187 cm³/mol. The van der Waals surface area contributed by atoms with E-state index in [9.17, 15) is 4.79 Å². The second-order valence-electron chi connectivity index (χ2n) is 16.8. The second-order valence-corrected chi connectivity index (χ2v) is 16.8. The summed E-state index contributed by atoms with van der Waals surface area (Å²) in [6.07, 6.45) is 26.3. The lowest BCUT2D eigenvalue weighted by Crippen LogP contribution is -2.51. The normalized spacial score (nSPS) is 33.7. The molecule has 0 aromatic rings. The van der Waals surface area contributed by atoms with Gasteiger partial charge in [0.05, 0.1) is 0 Å². The van der Waals surface area contributed by atoms with Crippen LogP contribution < -0.4 is 5.73 Å². The zero-order valence-corrected chi connectivity index (χ0v) is 30.0. The molecule has 3 saturated carbocycles. The molecule has 4 aliphatic carbocycles. The highest BCUT2D eigenvalue weighted by molar-refractivity contribution is 5.67. The highest BCUT2D eigenvalue weighted by atomic mass is 16.6. The fourth-order valence-corrected chi connectivity index (χ4v) is 10.8. The minimum absolute atomic E-state index is 0.0511. The van der Waals surface area contributed by atoms with Gasteiger partial charge in [-0.2, -0.15) is 0 Å².